The summed E-state index contributed by atoms with van der Waals surface area (Å²) in [4.78, 5) is 27.1. The molecular weight excluding hydrogens is 423 g/mol. The fourth-order valence-corrected chi connectivity index (χ4v) is 2.91. The fraction of sp³-hybridized carbons (Fsp3) is 0.136. The smallest absolute Gasteiger partial charge is 0.355 e. The molecule has 0 atom stereocenters. The van der Waals surface area contributed by atoms with Crippen molar-refractivity contribution in [2.45, 2.75) is 13.1 Å². The van der Waals surface area contributed by atoms with E-state index in [0.717, 1.165) is 6.20 Å². The van der Waals surface area contributed by atoms with Crippen LogP contribution in [-0.4, -0.2) is 23.8 Å². The Morgan fingerprint density at radius 1 is 0.906 bits per heavy atom. The monoisotopic (exact) mass is 443 g/mol. The zero-order valence-electron chi connectivity index (χ0n) is 17.2. The van der Waals surface area contributed by atoms with Gasteiger partial charge in [0, 0.05) is 37.6 Å². The number of rotatable bonds is 6. The molecule has 0 saturated heterocycles. The number of halogens is 3. The van der Waals surface area contributed by atoms with Gasteiger partial charge in [0.05, 0.1) is 22.5 Å². The third kappa shape index (κ3) is 5.54. The summed E-state index contributed by atoms with van der Waals surface area (Å²) in [5.74, 6) is -0.499. The Labute approximate surface area is 182 Å². The SMILES string of the molecule is CNC(=O)c1ccccc1Nc1cc(Nc2ccc(NC(C)=O)cc2)ncc1C(F)(F)F. The van der Waals surface area contributed by atoms with Gasteiger partial charge in [0.25, 0.3) is 5.91 Å². The van der Waals surface area contributed by atoms with Crippen LogP contribution in [-0.2, 0) is 11.0 Å². The summed E-state index contributed by atoms with van der Waals surface area (Å²) >= 11 is 0. The van der Waals surface area contributed by atoms with Crippen molar-refractivity contribution in [1.82, 2.24) is 10.3 Å². The van der Waals surface area contributed by atoms with Gasteiger partial charge in [-0.05, 0) is 36.4 Å². The summed E-state index contributed by atoms with van der Waals surface area (Å²) < 4.78 is 40.7. The second-order valence-corrected chi connectivity index (χ2v) is 6.75. The van der Waals surface area contributed by atoms with Crippen molar-refractivity contribution in [3.8, 4) is 0 Å². The number of carbonyl (C=O) groups excluding carboxylic acids is 2. The first-order valence-corrected chi connectivity index (χ1v) is 9.47. The number of pyridine rings is 1. The normalized spacial score (nSPS) is 10.9. The van der Waals surface area contributed by atoms with Crippen LogP contribution < -0.4 is 21.3 Å². The molecule has 0 spiro atoms. The Morgan fingerprint density at radius 2 is 1.56 bits per heavy atom. The van der Waals surface area contributed by atoms with Crippen molar-refractivity contribution in [3.63, 3.8) is 0 Å². The van der Waals surface area contributed by atoms with Gasteiger partial charge in [0.1, 0.15) is 5.82 Å². The second-order valence-electron chi connectivity index (χ2n) is 6.75. The number of nitrogens with one attached hydrogen (secondary N) is 4. The Kier molecular flexibility index (Phi) is 6.62. The Balaban J connectivity index is 1.93. The number of hydrogen-bond acceptors (Lipinski definition) is 5. The topological polar surface area (TPSA) is 95.1 Å². The second kappa shape index (κ2) is 9.38. The summed E-state index contributed by atoms with van der Waals surface area (Å²) in [7, 11) is 1.44. The molecule has 0 unspecified atom stereocenters. The minimum atomic E-state index is -4.66. The number of hydrogen-bond donors (Lipinski definition) is 4. The maximum absolute atomic E-state index is 13.6. The van der Waals surface area contributed by atoms with Crippen molar-refractivity contribution < 1.29 is 22.8 Å². The molecule has 0 saturated carbocycles. The first kappa shape index (κ1) is 22.6. The van der Waals surface area contributed by atoms with Gasteiger partial charge < -0.3 is 21.3 Å². The molecule has 0 aliphatic carbocycles. The molecule has 3 rings (SSSR count). The summed E-state index contributed by atoms with van der Waals surface area (Å²) in [6.07, 6.45) is -3.94. The molecule has 10 heteroatoms. The molecule has 32 heavy (non-hydrogen) atoms. The third-order valence-electron chi connectivity index (χ3n) is 4.36. The zero-order chi connectivity index (χ0) is 23.3. The van der Waals surface area contributed by atoms with Crippen LogP contribution in [0.2, 0.25) is 0 Å². The highest BCUT2D eigenvalue weighted by molar-refractivity contribution is 6.00. The average molecular weight is 443 g/mol. The number of benzene rings is 2. The molecular formula is C22H20F3N5O2. The van der Waals surface area contributed by atoms with E-state index in [1.165, 1.54) is 32.2 Å². The molecule has 4 N–H and O–H groups in total. The molecule has 0 fully saturated rings. The molecule has 2 aromatic carbocycles. The summed E-state index contributed by atoms with van der Waals surface area (Å²) in [6, 6.07) is 14.1. The molecule has 0 radical (unpaired) electrons. The quantitative estimate of drug-likeness (QED) is 0.435. The van der Waals surface area contributed by atoms with E-state index in [1.54, 1.807) is 36.4 Å². The van der Waals surface area contributed by atoms with E-state index in [2.05, 4.69) is 26.3 Å². The van der Waals surface area contributed by atoms with E-state index in [9.17, 15) is 22.8 Å². The largest absolute Gasteiger partial charge is 0.419 e. The van der Waals surface area contributed by atoms with Crippen LogP contribution in [0.5, 0.6) is 0 Å². The highest BCUT2D eigenvalue weighted by Crippen LogP contribution is 2.37. The minimum absolute atomic E-state index is 0.158. The van der Waals surface area contributed by atoms with Crippen LogP contribution in [0.3, 0.4) is 0 Å². The van der Waals surface area contributed by atoms with E-state index in [0.29, 0.717) is 11.4 Å². The number of carbonyl (C=O) groups is 2. The first-order chi connectivity index (χ1) is 15.2. The van der Waals surface area contributed by atoms with Gasteiger partial charge in [0.15, 0.2) is 0 Å². The number of alkyl halides is 3. The number of aromatic nitrogens is 1. The standard InChI is InChI=1S/C22H20F3N5O2/c1-13(31)28-14-7-9-15(10-8-14)29-20-11-19(17(12-27-20)22(23,24)25)30-18-6-4-3-5-16(18)21(32)26-2/h3-12H,1-2H3,(H,26,32)(H,28,31)(H2,27,29,30). The van der Waals surface area contributed by atoms with Gasteiger partial charge in [-0.15, -0.1) is 0 Å². The molecule has 7 nitrogen and oxygen atoms in total. The van der Waals surface area contributed by atoms with E-state index in [-0.39, 0.29) is 28.7 Å². The number of amides is 2. The van der Waals surface area contributed by atoms with Gasteiger partial charge in [-0.2, -0.15) is 13.2 Å². The van der Waals surface area contributed by atoms with Gasteiger partial charge in [0.2, 0.25) is 5.91 Å². The van der Waals surface area contributed by atoms with Crippen molar-refractivity contribution in [2.75, 3.05) is 23.0 Å². The predicted octanol–water partition coefficient (Wildman–Crippen LogP) is 4.91. The van der Waals surface area contributed by atoms with Crippen LogP contribution in [0.1, 0.15) is 22.8 Å². The van der Waals surface area contributed by atoms with Gasteiger partial charge in [-0.1, -0.05) is 12.1 Å². The fourth-order valence-electron chi connectivity index (χ4n) is 2.91. The van der Waals surface area contributed by atoms with E-state index < -0.39 is 17.6 Å². The lowest BCUT2D eigenvalue weighted by Crippen LogP contribution is -2.19. The molecule has 1 aromatic heterocycles. The average Bonchev–Trinajstić information content (AvgIpc) is 2.74. The molecule has 1 heterocycles. The van der Waals surface area contributed by atoms with Crippen LogP contribution >= 0.6 is 0 Å². The molecule has 2 amide bonds. The zero-order valence-corrected chi connectivity index (χ0v) is 17.2. The van der Waals surface area contributed by atoms with Crippen molar-refractivity contribution in [1.29, 1.82) is 0 Å². The van der Waals surface area contributed by atoms with Crippen LogP contribution in [0, 0.1) is 0 Å². The van der Waals surface area contributed by atoms with E-state index in [4.69, 9.17) is 0 Å². The van der Waals surface area contributed by atoms with Crippen LogP contribution in [0.25, 0.3) is 0 Å². The van der Waals surface area contributed by atoms with E-state index in [1.807, 2.05) is 0 Å². The lowest BCUT2D eigenvalue weighted by atomic mass is 10.1. The highest BCUT2D eigenvalue weighted by atomic mass is 19.4. The van der Waals surface area contributed by atoms with Gasteiger partial charge in [-0.3, -0.25) is 9.59 Å². The number of nitrogens with zero attached hydrogens (tertiary/aromatic N) is 1. The molecule has 0 aliphatic heterocycles. The maximum atomic E-state index is 13.6. The minimum Gasteiger partial charge on any atom is -0.355 e. The van der Waals surface area contributed by atoms with Crippen LogP contribution in [0.15, 0.2) is 60.8 Å². The van der Waals surface area contributed by atoms with Gasteiger partial charge >= 0.3 is 6.18 Å². The molecule has 0 bridgehead atoms. The van der Waals surface area contributed by atoms with Crippen molar-refractivity contribution in [2.24, 2.45) is 0 Å². The number of anilines is 5. The Hall–Kier alpha value is -4.08. The van der Waals surface area contributed by atoms with Crippen molar-refractivity contribution >= 4 is 40.4 Å². The first-order valence-electron chi connectivity index (χ1n) is 9.47. The van der Waals surface area contributed by atoms with Crippen LogP contribution in [0.4, 0.5) is 41.7 Å². The summed E-state index contributed by atoms with van der Waals surface area (Å²) in [5, 5.41) is 10.7. The van der Waals surface area contributed by atoms with Gasteiger partial charge in [-0.25, -0.2) is 4.98 Å². The number of para-hydroxylation sites is 1. The lowest BCUT2D eigenvalue weighted by Gasteiger charge is -2.17. The molecule has 3 aromatic rings. The summed E-state index contributed by atoms with van der Waals surface area (Å²) in [6.45, 7) is 1.38. The molecule has 0 aliphatic rings. The molecule has 166 valence electrons. The maximum Gasteiger partial charge on any atom is 0.419 e. The lowest BCUT2D eigenvalue weighted by molar-refractivity contribution is -0.137. The van der Waals surface area contributed by atoms with Crippen molar-refractivity contribution in [3.05, 3.63) is 71.9 Å². The highest BCUT2D eigenvalue weighted by Gasteiger charge is 2.34. The Bertz CT molecular complexity index is 1130. The Morgan fingerprint density at radius 3 is 2.19 bits per heavy atom. The van der Waals surface area contributed by atoms with E-state index >= 15 is 0 Å². The predicted molar refractivity (Wildman–Crippen MR) is 116 cm³/mol. The third-order valence-corrected chi connectivity index (χ3v) is 4.36. The summed E-state index contributed by atoms with van der Waals surface area (Å²) in [5.41, 5.74) is 0.314.